The first kappa shape index (κ1) is 14.5. The van der Waals surface area contributed by atoms with Crippen LogP contribution in [0.25, 0.3) is 0 Å². The van der Waals surface area contributed by atoms with Crippen LogP contribution in [0.3, 0.4) is 0 Å². The van der Waals surface area contributed by atoms with Gasteiger partial charge in [0, 0.05) is 18.8 Å². The Bertz CT molecular complexity index is 499. The van der Waals surface area contributed by atoms with E-state index in [1.165, 1.54) is 5.56 Å². The third kappa shape index (κ3) is 4.31. The van der Waals surface area contributed by atoms with E-state index < -0.39 is 0 Å². The second-order valence-corrected chi connectivity index (χ2v) is 4.72. The molecule has 0 aliphatic heterocycles. The second kappa shape index (κ2) is 7.60. The molecule has 4 heteroatoms. The van der Waals surface area contributed by atoms with Gasteiger partial charge in [0.15, 0.2) is 0 Å². The molecule has 0 amide bonds. The third-order valence-corrected chi connectivity index (χ3v) is 3.09. The van der Waals surface area contributed by atoms with Gasteiger partial charge in [-0.1, -0.05) is 19.1 Å². The van der Waals surface area contributed by atoms with Crippen molar-refractivity contribution < 1.29 is 4.74 Å². The van der Waals surface area contributed by atoms with Gasteiger partial charge in [0.05, 0.1) is 12.3 Å². The summed E-state index contributed by atoms with van der Waals surface area (Å²) in [5, 5.41) is 3.45. The highest BCUT2D eigenvalue weighted by Gasteiger charge is 2.05. The molecule has 0 spiro atoms. The molecule has 2 rings (SSSR count). The number of nitrogens with one attached hydrogen (secondary N) is 1. The minimum absolute atomic E-state index is 0.269. The van der Waals surface area contributed by atoms with Crippen molar-refractivity contribution in [3.05, 3.63) is 54.1 Å². The van der Waals surface area contributed by atoms with E-state index in [9.17, 15) is 0 Å². The summed E-state index contributed by atoms with van der Waals surface area (Å²) in [6.45, 7) is 5.75. The number of hydrogen-bond donors (Lipinski definition) is 1. The molecule has 20 heavy (non-hydrogen) atoms. The molecule has 1 heterocycles. The van der Waals surface area contributed by atoms with Crippen LogP contribution in [0.2, 0.25) is 0 Å². The van der Waals surface area contributed by atoms with E-state index in [1.807, 2.05) is 18.2 Å². The maximum absolute atomic E-state index is 5.58. The Morgan fingerprint density at radius 2 is 2.00 bits per heavy atom. The maximum atomic E-state index is 5.58. The number of rotatable bonds is 7. The highest BCUT2D eigenvalue weighted by atomic mass is 16.5. The topological polar surface area (TPSA) is 47.0 Å². The minimum Gasteiger partial charge on any atom is -0.494 e. The molecule has 0 aliphatic rings. The van der Waals surface area contributed by atoms with Gasteiger partial charge in [0.1, 0.15) is 12.1 Å². The molecule has 0 aliphatic carbocycles. The van der Waals surface area contributed by atoms with Gasteiger partial charge < -0.3 is 10.1 Å². The molecular weight excluding hydrogens is 250 g/mol. The van der Waals surface area contributed by atoms with Crippen molar-refractivity contribution in [2.75, 3.05) is 6.61 Å². The van der Waals surface area contributed by atoms with Crippen LogP contribution in [-0.4, -0.2) is 16.6 Å². The summed E-state index contributed by atoms with van der Waals surface area (Å²) in [5.74, 6) is 0.929. The molecule has 1 N–H and O–H groups in total. The fourth-order valence-corrected chi connectivity index (χ4v) is 1.87. The molecule has 0 bridgehead atoms. The van der Waals surface area contributed by atoms with E-state index in [-0.39, 0.29) is 6.04 Å². The molecule has 1 unspecified atom stereocenters. The Hall–Kier alpha value is -1.94. The van der Waals surface area contributed by atoms with Crippen molar-refractivity contribution in [1.29, 1.82) is 0 Å². The van der Waals surface area contributed by atoms with Gasteiger partial charge in [0.25, 0.3) is 0 Å². The van der Waals surface area contributed by atoms with Gasteiger partial charge >= 0.3 is 0 Å². The molecule has 0 saturated carbocycles. The first-order chi connectivity index (χ1) is 9.79. The highest BCUT2D eigenvalue weighted by molar-refractivity contribution is 5.29. The lowest BCUT2D eigenvalue weighted by Crippen LogP contribution is -2.18. The van der Waals surface area contributed by atoms with Gasteiger partial charge in [-0.15, -0.1) is 0 Å². The van der Waals surface area contributed by atoms with Crippen LogP contribution in [0.5, 0.6) is 5.75 Å². The van der Waals surface area contributed by atoms with Crippen molar-refractivity contribution in [2.24, 2.45) is 0 Å². The molecule has 4 nitrogen and oxygen atoms in total. The zero-order valence-electron chi connectivity index (χ0n) is 12.0. The molecule has 1 atom stereocenters. The van der Waals surface area contributed by atoms with Crippen molar-refractivity contribution in [3.63, 3.8) is 0 Å². The predicted octanol–water partition coefficient (Wildman–Crippen LogP) is 3.12. The Morgan fingerprint density at radius 1 is 1.20 bits per heavy atom. The lowest BCUT2D eigenvalue weighted by atomic mass is 10.1. The van der Waals surface area contributed by atoms with Crippen LogP contribution in [0.1, 0.15) is 37.6 Å². The minimum atomic E-state index is 0.269. The summed E-state index contributed by atoms with van der Waals surface area (Å²) in [7, 11) is 0. The zero-order valence-corrected chi connectivity index (χ0v) is 12.0. The number of benzene rings is 1. The van der Waals surface area contributed by atoms with E-state index in [0.29, 0.717) is 0 Å². The number of nitrogens with zero attached hydrogens (tertiary/aromatic N) is 2. The quantitative estimate of drug-likeness (QED) is 0.840. The standard InChI is InChI=1S/C16H21N3O/c1-3-10-20-16-6-4-14(5-7-16)13(2)18-11-15-8-9-17-12-19-15/h4-9,12-13,18H,3,10-11H2,1-2H3. The van der Waals surface area contributed by atoms with Crippen molar-refractivity contribution >= 4 is 0 Å². The van der Waals surface area contributed by atoms with Crippen LogP contribution >= 0.6 is 0 Å². The van der Waals surface area contributed by atoms with Crippen molar-refractivity contribution in [2.45, 2.75) is 32.9 Å². The SMILES string of the molecule is CCCOc1ccc(C(C)NCc2ccncn2)cc1. The van der Waals surface area contributed by atoms with Crippen LogP contribution in [0, 0.1) is 0 Å². The first-order valence-corrected chi connectivity index (χ1v) is 7.00. The molecule has 0 radical (unpaired) electrons. The van der Waals surface area contributed by atoms with E-state index in [2.05, 4.69) is 41.3 Å². The Kier molecular flexibility index (Phi) is 5.50. The van der Waals surface area contributed by atoms with Crippen LogP contribution in [0.4, 0.5) is 0 Å². The fourth-order valence-electron chi connectivity index (χ4n) is 1.87. The summed E-state index contributed by atoms with van der Waals surface area (Å²) < 4.78 is 5.58. The number of ether oxygens (including phenoxy) is 1. The van der Waals surface area contributed by atoms with E-state index in [4.69, 9.17) is 4.74 Å². The molecule has 0 saturated heterocycles. The lowest BCUT2D eigenvalue weighted by Gasteiger charge is -2.14. The summed E-state index contributed by atoms with van der Waals surface area (Å²) in [6, 6.07) is 10.4. The van der Waals surface area contributed by atoms with E-state index in [0.717, 1.165) is 31.0 Å². The van der Waals surface area contributed by atoms with E-state index in [1.54, 1.807) is 12.5 Å². The molecule has 1 aromatic heterocycles. The van der Waals surface area contributed by atoms with Gasteiger partial charge in [-0.05, 0) is 37.1 Å². The molecule has 1 aromatic carbocycles. The monoisotopic (exact) mass is 271 g/mol. The second-order valence-electron chi connectivity index (χ2n) is 4.72. The first-order valence-electron chi connectivity index (χ1n) is 7.00. The van der Waals surface area contributed by atoms with Gasteiger partial charge in [0.2, 0.25) is 0 Å². The average molecular weight is 271 g/mol. The third-order valence-electron chi connectivity index (χ3n) is 3.09. The normalized spacial score (nSPS) is 12.1. The predicted molar refractivity (Wildman–Crippen MR) is 79.5 cm³/mol. The lowest BCUT2D eigenvalue weighted by molar-refractivity contribution is 0.317. The summed E-state index contributed by atoms with van der Waals surface area (Å²) in [6.07, 6.45) is 4.36. The Morgan fingerprint density at radius 3 is 2.65 bits per heavy atom. The maximum Gasteiger partial charge on any atom is 0.119 e. The number of aromatic nitrogens is 2. The zero-order chi connectivity index (χ0) is 14.2. The highest BCUT2D eigenvalue weighted by Crippen LogP contribution is 2.18. The van der Waals surface area contributed by atoms with Crippen molar-refractivity contribution in [1.82, 2.24) is 15.3 Å². The van der Waals surface area contributed by atoms with Gasteiger partial charge in [-0.25, -0.2) is 9.97 Å². The van der Waals surface area contributed by atoms with Crippen LogP contribution in [0.15, 0.2) is 42.9 Å². The largest absolute Gasteiger partial charge is 0.494 e. The molecule has 2 aromatic rings. The average Bonchev–Trinajstić information content (AvgIpc) is 2.52. The summed E-state index contributed by atoms with van der Waals surface area (Å²) in [5.41, 5.74) is 2.23. The molecular formula is C16H21N3O. The van der Waals surface area contributed by atoms with Crippen LogP contribution < -0.4 is 10.1 Å². The summed E-state index contributed by atoms with van der Waals surface area (Å²) in [4.78, 5) is 8.11. The van der Waals surface area contributed by atoms with Gasteiger partial charge in [-0.3, -0.25) is 0 Å². The molecule has 0 fully saturated rings. The number of hydrogen-bond acceptors (Lipinski definition) is 4. The Balaban J connectivity index is 1.87. The summed E-state index contributed by atoms with van der Waals surface area (Å²) >= 11 is 0. The van der Waals surface area contributed by atoms with Crippen molar-refractivity contribution in [3.8, 4) is 5.75 Å². The van der Waals surface area contributed by atoms with E-state index >= 15 is 0 Å². The molecule has 106 valence electrons. The van der Waals surface area contributed by atoms with Gasteiger partial charge in [-0.2, -0.15) is 0 Å². The smallest absolute Gasteiger partial charge is 0.119 e. The van der Waals surface area contributed by atoms with Crippen LogP contribution in [-0.2, 0) is 6.54 Å². The fraction of sp³-hybridized carbons (Fsp3) is 0.375. The Labute approximate surface area is 120 Å².